The maximum Gasteiger partial charge on any atom is 0.340 e. The van der Waals surface area contributed by atoms with Gasteiger partial charge in [0.25, 0.3) is 5.91 Å². The van der Waals surface area contributed by atoms with Crippen molar-refractivity contribution in [2.24, 2.45) is 0 Å². The van der Waals surface area contributed by atoms with Crippen LogP contribution in [-0.4, -0.2) is 30.9 Å². The van der Waals surface area contributed by atoms with Crippen molar-refractivity contribution in [3.8, 4) is 0 Å². The molecular formula is C23H20N2O4. The maximum absolute atomic E-state index is 12.5. The third-order valence-corrected chi connectivity index (χ3v) is 4.86. The van der Waals surface area contributed by atoms with Crippen molar-refractivity contribution in [1.29, 1.82) is 0 Å². The van der Waals surface area contributed by atoms with Gasteiger partial charge in [-0.1, -0.05) is 42.5 Å². The van der Waals surface area contributed by atoms with Crippen LogP contribution < -0.4 is 10.2 Å². The molecular weight excluding hydrogens is 368 g/mol. The summed E-state index contributed by atoms with van der Waals surface area (Å²) in [6.07, 6.45) is 1.23. The molecule has 1 saturated heterocycles. The van der Waals surface area contributed by atoms with E-state index in [1.807, 2.05) is 36.4 Å². The Hall–Kier alpha value is -3.67. The quantitative estimate of drug-likeness (QED) is 0.675. The van der Waals surface area contributed by atoms with Crippen molar-refractivity contribution < 1.29 is 19.1 Å². The molecule has 0 aromatic heterocycles. The number of hydrogen-bond acceptors (Lipinski definition) is 4. The highest BCUT2D eigenvalue weighted by Crippen LogP contribution is 2.26. The van der Waals surface area contributed by atoms with Crippen LogP contribution in [0, 0.1) is 0 Å². The summed E-state index contributed by atoms with van der Waals surface area (Å²) in [4.78, 5) is 38.4. The lowest BCUT2D eigenvalue weighted by Crippen LogP contribution is -2.27. The fourth-order valence-electron chi connectivity index (χ4n) is 3.46. The Morgan fingerprint density at radius 3 is 2.52 bits per heavy atom. The number of rotatable bonds is 5. The molecule has 1 aliphatic rings. The molecule has 0 unspecified atom stereocenters. The summed E-state index contributed by atoms with van der Waals surface area (Å²) in [7, 11) is 0. The molecule has 0 atom stereocenters. The zero-order chi connectivity index (χ0) is 20.2. The number of fused-ring (bicyclic) bond motifs is 1. The molecule has 1 heterocycles. The Labute approximate surface area is 168 Å². The van der Waals surface area contributed by atoms with E-state index in [-0.39, 0.29) is 11.5 Å². The first-order chi connectivity index (χ1) is 14.1. The Morgan fingerprint density at radius 2 is 1.72 bits per heavy atom. The van der Waals surface area contributed by atoms with Gasteiger partial charge < -0.3 is 15.0 Å². The largest absolute Gasteiger partial charge is 0.452 e. The third-order valence-electron chi connectivity index (χ3n) is 4.86. The fourth-order valence-corrected chi connectivity index (χ4v) is 3.46. The van der Waals surface area contributed by atoms with Gasteiger partial charge in [-0.3, -0.25) is 9.59 Å². The van der Waals surface area contributed by atoms with Crippen molar-refractivity contribution in [2.75, 3.05) is 23.4 Å². The van der Waals surface area contributed by atoms with Gasteiger partial charge in [0.2, 0.25) is 5.91 Å². The fraction of sp³-hybridized carbons (Fsp3) is 0.174. The minimum absolute atomic E-state index is 0.0145. The van der Waals surface area contributed by atoms with Gasteiger partial charge in [0, 0.05) is 18.7 Å². The predicted octanol–water partition coefficient (Wildman–Crippen LogP) is 3.76. The number of para-hydroxylation sites is 1. The molecule has 1 fully saturated rings. The summed E-state index contributed by atoms with van der Waals surface area (Å²) in [5, 5.41) is 4.82. The average molecular weight is 388 g/mol. The SMILES string of the molecule is O=C(COC(=O)c1ccccc1N1CCCC1=O)Nc1ccc2ccccc2c1. The molecule has 0 aliphatic carbocycles. The first-order valence-corrected chi connectivity index (χ1v) is 9.47. The van der Waals surface area contributed by atoms with Gasteiger partial charge in [-0.05, 0) is 41.5 Å². The zero-order valence-electron chi connectivity index (χ0n) is 15.8. The summed E-state index contributed by atoms with van der Waals surface area (Å²) in [6.45, 7) is 0.166. The van der Waals surface area contributed by atoms with E-state index in [4.69, 9.17) is 4.74 Å². The summed E-state index contributed by atoms with van der Waals surface area (Å²) in [5.41, 5.74) is 1.43. The smallest absolute Gasteiger partial charge is 0.340 e. The number of nitrogens with one attached hydrogen (secondary N) is 1. The van der Waals surface area contributed by atoms with E-state index in [0.29, 0.717) is 24.3 Å². The molecule has 0 spiro atoms. The second-order valence-electron chi connectivity index (χ2n) is 6.85. The van der Waals surface area contributed by atoms with Crippen molar-refractivity contribution in [1.82, 2.24) is 0 Å². The number of carbonyl (C=O) groups excluding carboxylic acids is 3. The van der Waals surface area contributed by atoms with Crippen LogP contribution in [0.1, 0.15) is 23.2 Å². The molecule has 6 nitrogen and oxygen atoms in total. The highest BCUT2D eigenvalue weighted by atomic mass is 16.5. The van der Waals surface area contributed by atoms with Gasteiger partial charge in [0.1, 0.15) is 0 Å². The number of anilines is 2. The van der Waals surface area contributed by atoms with E-state index < -0.39 is 18.5 Å². The number of carbonyl (C=O) groups is 3. The van der Waals surface area contributed by atoms with E-state index in [0.717, 1.165) is 17.2 Å². The summed E-state index contributed by atoms with van der Waals surface area (Å²) in [6, 6.07) is 20.2. The summed E-state index contributed by atoms with van der Waals surface area (Å²) < 4.78 is 5.20. The molecule has 1 aliphatic heterocycles. The normalized spacial score (nSPS) is 13.5. The van der Waals surface area contributed by atoms with Crippen LogP contribution in [0.2, 0.25) is 0 Å². The number of amides is 2. The van der Waals surface area contributed by atoms with Gasteiger partial charge in [-0.2, -0.15) is 0 Å². The van der Waals surface area contributed by atoms with Crippen LogP contribution in [0.3, 0.4) is 0 Å². The molecule has 0 radical (unpaired) electrons. The van der Waals surface area contributed by atoms with Crippen molar-refractivity contribution in [3.63, 3.8) is 0 Å². The van der Waals surface area contributed by atoms with E-state index in [1.165, 1.54) is 0 Å². The van der Waals surface area contributed by atoms with Crippen LogP contribution in [0.25, 0.3) is 10.8 Å². The van der Waals surface area contributed by atoms with Gasteiger partial charge in [-0.15, -0.1) is 0 Å². The number of benzene rings is 3. The lowest BCUT2D eigenvalue weighted by atomic mass is 10.1. The molecule has 3 aromatic carbocycles. The topological polar surface area (TPSA) is 75.7 Å². The zero-order valence-corrected chi connectivity index (χ0v) is 15.8. The molecule has 29 heavy (non-hydrogen) atoms. The van der Waals surface area contributed by atoms with Gasteiger partial charge in [0.05, 0.1) is 11.3 Å². The second-order valence-corrected chi connectivity index (χ2v) is 6.85. The molecule has 2 amide bonds. The number of ether oxygens (including phenoxy) is 1. The number of esters is 1. The number of hydrogen-bond donors (Lipinski definition) is 1. The average Bonchev–Trinajstić information content (AvgIpc) is 3.17. The van der Waals surface area contributed by atoms with Crippen molar-refractivity contribution >= 4 is 39.9 Å². The van der Waals surface area contributed by atoms with Crippen LogP contribution >= 0.6 is 0 Å². The van der Waals surface area contributed by atoms with E-state index in [9.17, 15) is 14.4 Å². The van der Waals surface area contributed by atoms with Gasteiger partial charge >= 0.3 is 5.97 Å². The summed E-state index contributed by atoms with van der Waals surface area (Å²) >= 11 is 0. The number of nitrogens with zero attached hydrogens (tertiary/aromatic N) is 1. The minimum Gasteiger partial charge on any atom is -0.452 e. The molecule has 1 N–H and O–H groups in total. The molecule has 6 heteroatoms. The van der Waals surface area contributed by atoms with E-state index >= 15 is 0 Å². The van der Waals surface area contributed by atoms with Crippen molar-refractivity contribution in [2.45, 2.75) is 12.8 Å². The molecule has 4 rings (SSSR count). The standard InChI is InChI=1S/C23H20N2O4/c26-21(24-18-12-11-16-6-1-2-7-17(16)14-18)15-29-23(28)19-8-3-4-9-20(19)25-13-5-10-22(25)27/h1-4,6-9,11-12,14H,5,10,13,15H2,(H,24,26). The van der Waals surface area contributed by atoms with E-state index in [1.54, 1.807) is 35.2 Å². The molecule has 0 saturated carbocycles. The molecule has 146 valence electrons. The van der Waals surface area contributed by atoms with Crippen LogP contribution in [0.5, 0.6) is 0 Å². The van der Waals surface area contributed by atoms with Crippen LogP contribution in [-0.2, 0) is 14.3 Å². The highest BCUT2D eigenvalue weighted by Gasteiger charge is 2.26. The van der Waals surface area contributed by atoms with Crippen LogP contribution in [0.15, 0.2) is 66.7 Å². The predicted molar refractivity (Wildman–Crippen MR) is 111 cm³/mol. The second kappa shape index (κ2) is 8.14. The Kier molecular flexibility index (Phi) is 5.24. The third kappa shape index (κ3) is 4.11. The molecule has 3 aromatic rings. The Bertz CT molecular complexity index is 1090. The minimum atomic E-state index is -0.631. The Balaban J connectivity index is 1.40. The summed E-state index contributed by atoms with van der Waals surface area (Å²) in [5.74, 6) is -1.07. The lowest BCUT2D eigenvalue weighted by molar-refractivity contribution is -0.119. The lowest BCUT2D eigenvalue weighted by Gasteiger charge is -2.18. The van der Waals surface area contributed by atoms with Gasteiger partial charge in [0.15, 0.2) is 6.61 Å². The van der Waals surface area contributed by atoms with Gasteiger partial charge in [-0.25, -0.2) is 4.79 Å². The Morgan fingerprint density at radius 1 is 0.966 bits per heavy atom. The van der Waals surface area contributed by atoms with Crippen LogP contribution in [0.4, 0.5) is 11.4 Å². The highest BCUT2D eigenvalue weighted by molar-refractivity contribution is 6.04. The van der Waals surface area contributed by atoms with Crippen molar-refractivity contribution in [3.05, 3.63) is 72.3 Å². The first-order valence-electron chi connectivity index (χ1n) is 9.47. The first kappa shape index (κ1) is 18.7. The monoisotopic (exact) mass is 388 g/mol. The molecule has 0 bridgehead atoms. The van der Waals surface area contributed by atoms with E-state index in [2.05, 4.69) is 5.32 Å². The maximum atomic E-state index is 12.5.